The summed E-state index contributed by atoms with van der Waals surface area (Å²) in [5.41, 5.74) is 1.42. The fraction of sp³-hybridized carbons (Fsp3) is 0.211. The van der Waals surface area contributed by atoms with Gasteiger partial charge in [0.15, 0.2) is 0 Å². The number of rotatable bonds is 6. The maximum absolute atomic E-state index is 12.5. The van der Waals surface area contributed by atoms with Crippen molar-refractivity contribution in [1.29, 1.82) is 0 Å². The first-order chi connectivity index (χ1) is 12.6. The Morgan fingerprint density at radius 2 is 1.81 bits per heavy atom. The first-order valence-corrected chi connectivity index (χ1v) is 8.17. The third-order valence-electron chi connectivity index (χ3n) is 4.07. The molecular weight excluding hydrogens is 334 g/mol. The summed E-state index contributed by atoms with van der Waals surface area (Å²) in [6, 6.07) is 15.1. The van der Waals surface area contributed by atoms with Crippen LogP contribution in [0.1, 0.15) is 5.56 Å². The molecule has 2 N–H and O–H groups in total. The molecule has 4 amide bonds. The third kappa shape index (κ3) is 3.83. The highest BCUT2D eigenvalue weighted by atomic mass is 16.5. The molecule has 26 heavy (non-hydrogen) atoms. The molecular formula is C19H19N3O4. The number of nitrogens with one attached hydrogen (secondary N) is 2. The number of nitrogens with zero attached hydrogens (tertiary/aromatic N) is 1. The van der Waals surface area contributed by atoms with Gasteiger partial charge in [0.05, 0.1) is 12.8 Å². The number of urea groups is 1. The van der Waals surface area contributed by atoms with Gasteiger partial charge in [-0.2, -0.15) is 0 Å². The summed E-state index contributed by atoms with van der Waals surface area (Å²) in [7, 11) is 1.50. The largest absolute Gasteiger partial charge is 0.495 e. The Morgan fingerprint density at radius 3 is 2.54 bits per heavy atom. The van der Waals surface area contributed by atoms with E-state index in [1.54, 1.807) is 24.3 Å². The molecule has 1 heterocycles. The molecule has 7 heteroatoms. The molecule has 3 rings (SSSR count). The van der Waals surface area contributed by atoms with Crippen LogP contribution in [0.15, 0.2) is 54.6 Å². The minimum Gasteiger partial charge on any atom is -0.495 e. The van der Waals surface area contributed by atoms with Crippen molar-refractivity contribution in [3.63, 3.8) is 0 Å². The van der Waals surface area contributed by atoms with Crippen LogP contribution in [0, 0.1) is 0 Å². The van der Waals surface area contributed by atoms with E-state index in [1.807, 2.05) is 30.3 Å². The van der Waals surface area contributed by atoms with Gasteiger partial charge in [0.25, 0.3) is 5.91 Å². The number of hydrogen-bond acceptors (Lipinski definition) is 4. The lowest BCUT2D eigenvalue weighted by Gasteiger charge is -2.14. The highest BCUT2D eigenvalue weighted by Gasteiger charge is 2.38. The number of anilines is 1. The third-order valence-corrected chi connectivity index (χ3v) is 4.07. The van der Waals surface area contributed by atoms with Gasteiger partial charge in [-0.05, 0) is 17.7 Å². The maximum atomic E-state index is 12.5. The normalized spacial score (nSPS) is 16.3. The second kappa shape index (κ2) is 7.69. The first-order valence-electron chi connectivity index (χ1n) is 8.17. The molecule has 1 atom stereocenters. The number of para-hydroxylation sites is 2. The number of hydrogen-bond donors (Lipinski definition) is 2. The predicted molar refractivity (Wildman–Crippen MR) is 95.8 cm³/mol. The van der Waals surface area contributed by atoms with E-state index in [9.17, 15) is 14.4 Å². The van der Waals surface area contributed by atoms with Gasteiger partial charge in [-0.1, -0.05) is 42.5 Å². The van der Waals surface area contributed by atoms with Crippen LogP contribution in [0.4, 0.5) is 10.5 Å². The van der Waals surface area contributed by atoms with E-state index in [4.69, 9.17) is 4.74 Å². The van der Waals surface area contributed by atoms with Gasteiger partial charge < -0.3 is 15.4 Å². The van der Waals surface area contributed by atoms with Gasteiger partial charge in [0.1, 0.15) is 18.3 Å². The van der Waals surface area contributed by atoms with Gasteiger partial charge in [-0.15, -0.1) is 0 Å². The van der Waals surface area contributed by atoms with Crippen molar-refractivity contribution in [2.24, 2.45) is 0 Å². The molecule has 1 fully saturated rings. The molecule has 7 nitrogen and oxygen atoms in total. The minimum atomic E-state index is -0.663. The topological polar surface area (TPSA) is 87.7 Å². The van der Waals surface area contributed by atoms with E-state index >= 15 is 0 Å². The molecule has 0 radical (unpaired) electrons. The summed E-state index contributed by atoms with van der Waals surface area (Å²) < 4.78 is 5.17. The van der Waals surface area contributed by atoms with Gasteiger partial charge in [0, 0.05) is 6.42 Å². The number of carbonyl (C=O) groups excluding carboxylic acids is 3. The van der Waals surface area contributed by atoms with Crippen LogP contribution in [-0.2, 0) is 16.0 Å². The van der Waals surface area contributed by atoms with Crippen LogP contribution in [0.2, 0.25) is 0 Å². The zero-order valence-corrected chi connectivity index (χ0v) is 14.3. The molecule has 0 saturated carbocycles. The van der Waals surface area contributed by atoms with Gasteiger partial charge in [0.2, 0.25) is 5.91 Å². The SMILES string of the molecule is COc1ccccc1NC(=O)CN1C(=O)N[C@H](Cc2ccccc2)C1=O. The Balaban J connectivity index is 1.63. The zero-order chi connectivity index (χ0) is 18.5. The van der Waals surface area contributed by atoms with Gasteiger partial charge in [-0.3, -0.25) is 14.5 Å². The van der Waals surface area contributed by atoms with Gasteiger partial charge in [-0.25, -0.2) is 4.79 Å². The number of amides is 4. The summed E-state index contributed by atoms with van der Waals surface area (Å²) in [5, 5.41) is 5.28. The maximum Gasteiger partial charge on any atom is 0.325 e. The summed E-state index contributed by atoms with van der Waals surface area (Å²) in [4.78, 5) is 37.7. The Hall–Kier alpha value is -3.35. The monoisotopic (exact) mass is 353 g/mol. The second-order valence-electron chi connectivity index (χ2n) is 5.86. The van der Waals surface area contributed by atoms with E-state index in [1.165, 1.54) is 7.11 Å². The molecule has 1 saturated heterocycles. The Morgan fingerprint density at radius 1 is 1.12 bits per heavy atom. The second-order valence-corrected chi connectivity index (χ2v) is 5.86. The van der Waals surface area contributed by atoms with Crippen molar-refractivity contribution >= 4 is 23.5 Å². The Labute approximate surface area is 150 Å². The smallest absolute Gasteiger partial charge is 0.325 e. The number of carbonyl (C=O) groups is 3. The number of imide groups is 1. The van der Waals surface area contributed by atoms with Crippen LogP contribution >= 0.6 is 0 Å². The molecule has 0 unspecified atom stereocenters. The Bertz CT molecular complexity index is 823. The molecule has 0 bridgehead atoms. The molecule has 134 valence electrons. The average molecular weight is 353 g/mol. The zero-order valence-electron chi connectivity index (χ0n) is 14.3. The van der Waals surface area contributed by atoms with Crippen LogP contribution in [0.25, 0.3) is 0 Å². The van der Waals surface area contributed by atoms with Crippen molar-refractivity contribution in [1.82, 2.24) is 10.2 Å². The van der Waals surface area contributed by atoms with Crippen molar-refractivity contribution in [2.45, 2.75) is 12.5 Å². The average Bonchev–Trinajstić information content (AvgIpc) is 2.90. The van der Waals surface area contributed by atoms with Crippen molar-refractivity contribution in [2.75, 3.05) is 19.0 Å². The minimum absolute atomic E-state index is 0.353. The van der Waals surface area contributed by atoms with E-state index in [0.29, 0.717) is 17.9 Å². The summed E-state index contributed by atoms with van der Waals surface area (Å²) >= 11 is 0. The molecule has 0 aliphatic carbocycles. The van der Waals surface area contributed by atoms with Crippen LogP contribution in [0.3, 0.4) is 0 Å². The number of ether oxygens (including phenoxy) is 1. The van der Waals surface area contributed by atoms with Crippen molar-refractivity contribution in [3.05, 3.63) is 60.2 Å². The van der Waals surface area contributed by atoms with E-state index < -0.39 is 23.9 Å². The lowest BCUT2D eigenvalue weighted by atomic mass is 10.1. The molecule has 1 aliphatic rings. The van der Waals surface area contributed by atoms with Crippen LogP contribution < -0.4 is 15.4 Å². The molecule has 1 aliphatic heterocycles. The van der Waals surface area contributed by atoms with Crippen molar-refractivity contribution in [3.8, 4) is 5.75 Å². The highest BCUT2D eigenvalue weighted by molar-refractivity contribution is 6.08. The Kier molecular flexibility index (Phi) is 5.17. The quantitative estimate of drug-likeness (QED) is 0.775. The van der Waals surface area contributed by atoms with Gasteiger partial charge >= 0.3 is 6.03 Å². The fourth-order valence-corrected chi connectivity index (χ4v) is 2.80. The molecule has 2 aromatic carbocycles. The van der Waals surface area contributed by atoms with Crippen molar-refractivity contribution < 1.29 is 19.1 Å². The standard InChI is InChI=1S/C19H19N3O4/c1-26-16-10-6-5-9-14(16)20-17(23)12-22-18(24)15(21-19(22)25)11-13-7-3-2-4-8-13/h2-10,15H,11-12H2,1H3,(H,20,23)(H,21,25)/t15-/m1/s1. The molecule has 0 aromatic heterocycles. The number of benzene rings is 2. The lowest BCUT2D eigenvalue weighted by Crippen LogP contribution is -2.38. The predicted octanol–water partition coefficient (Wildman–Crippen LogP) is 1.80. The van der Waals surface area contributed by atoms with E-state index in [-0.39, 0.29) is 6.54 Å². The number of methoxy groups -OCH3 is 1. The summed E-state index contributed by atoms with van der Waals surface area (Å²) in [6.45, 7) is -0.353. The van der Waals surface area contributed by atoms with Crippen LogP contribution in [-0.4, -0.2) is 42.4 Å². The molecule has 0 spiro atoms. The summed E-state index contributed by atoms with van der Waals surface area (Å²) in [5.74, 6) is -0.382. The van der Waals surface area contributed by atoms with E-state index in [2.05, 4.69) is 10.6 Å². The highest BCUT2D eigenvalue weighted by Crippen LogP contribution is 2.23. The fourth-order valence-electron chi connectivity index (χ4n) is 2.80. The first kappa shape index (κ1) is 17.5. The lowest BCUT2D eigenvalue weighted by molar-refractivity contribution is -0.130. The van der Waals surface area contributed by atoms with E-state index in [0.717, 1.165) is 10.5 Å². The molecule has 2 aromatic rings. The summed E-state index contributed by atoms with van der Waals surface area (Å²) in [6.07, 6.45) is 0.385. The van der Waals surface area contributed by atoms with Crippen LogP contribution in [0.5, 0.6) is 5.75 Å².